The number of aliphatic hydroxyl groups is 2. The van der Waals surface area contributed by atoms with Crippen molar-refractivity contribution >= 4 is 41.0 Å². The highest BCUT2D eigenvalue weighted by atomic mass is 35.5. The minimum Gasteiger partial charge on any atom is -0.478 e. The first-order valence-electron chi connectivity index (χ1n) is 17.4. The number of aromatic carboxylic acids is 1. The summed E-state index contributed by atoms with van der Waals surface area (Å²) in [7, 11) is 1.84. The standard InChI is InChI=1S/C22H20ClNO4.C20H21ClN2O2/c23-18-4-1-3-15(13-18)10-12-22(28)11-2-5-19(14-22)24-20(25)16-6-8-17(9-7-16)21(26)27;1-23-12-4-8-18(23)19(24)22-17-7-3-10-20(25,14-17)11-9-15-5-2-6-16(21)13-15/h1,3-4,6-9,13,19,28H,2,5,11,14H2,(H,24,25)(H,26,27);2,4-6,8,12-13,17,25H,3,7,10,14H2,1H3,(H,22,24)/t19-,22+;17-,20+/m00/s1. The molecule has 3 aromatic carbocycles. The van der Waals surface area contributed by atoms with E-state index in [4.69, 9.17) is 28.3 Å². The van der Waals surface area contributed by atoms with E-state index < -0.39 is 17.2 Å². The third-order valence-electron chi connectivity index (χ3n) is 9.22. The topological polar surface area (TPSA) is 141 Å². The second kappa shape index (κ2) is 17.7. The van der Waals surface area contributed by atoms with Gasteiger partial charge in [-0.15, -0.1) is 0 Å². The fourth-order valence-electron chi connectivity index (χ4n) is 6.48. The Labute approximate surface area is 319 Å². The number of benzene rings is 3. The number of hydrogen-bond acceptors (Lipinski definition) is 5. The van der Waals surface area contributed by atoms with Crippen molar-refractivity contribution in [1.82, 2.24) is 15.2 Å². The molecule has 0 saturated heterocycles. The summed E-state index contributed by atoms with van der Waals surface area (Å²) in [5.41, 5.74) is 0.350. The lowest BCUT2D eigenvalue weighted by Crippen LogP contribution is -2.45. The normalized spacial score (nSPS) is 22.0. The second-order valence-corrected chi connectivity index (χ2v) is 14.4. The van der Waals surface area contributed by atoms with Crippen molar-refractivity contribution in [3.63, 3.8) is 0 Å². The molecule has 53 heavy (non-hydrogen) atoms. The largest absolute Gasteiger partial charge is 0.478 e. The molecule has 2 amide bonds. The van der Waals surface area contributed by atoms with Gasteiger partial charge in [0.1, 0.15) is 16.9 Å². The van der Waals surface area contributed by atoms with Gasteiger partial charge in [-0.2, -0.15) is 0 Å². The van der Waals surface area contributed by atoms with Gasteiger partial charge in [-0.1, -0.05) is 59.0 Å². The van der Waals surface area contributed by atoms with Crippen LogP contribution >= 0.6 is 23.2 Å². The molecule has 2 aliphatic carbocycles. The number of nitrogens with one attached hydrogen (secondary N) is 2. The van der Waals surface area contributed by atoms with Crippen molar-refractivity contribution in [3.05, 3.63) is 129 Å². The maximum absolute atomic E-state index is 12.4. The third kappa shape index (κ3) is 11.5. The monoisotopic (exact) mass is 753 g/mol. The lowest BCUT2D eigenvalue weighted by Gasteiger charge is -2.33. The second-order valence-electron chi connectivity index (χ2n) is 13.5. The van der Waals surface area contributed by atoms with Crippen molar-refractivity contribution in [3.8, 4) is 23.7 Å². The van der Waals surface area contributed by atoms with Gasteiger partial charge in [0, 0.05) is 64.9 Å². The van der Waals surface area contributed by atoms with Crippen LogP contribution in [0, 0.1) is 23.7 Å². The molecular weight excluding hydrogens is 713 g/mol. The van der Waals surface area contributed by atoms with Crippen molar-refractivity contribution < 1.29 is 29.7 Å². The lowest BCUT2D eigenvalue weighted by molar-refractivity contribution is 0.0443. The highest BCUT2D eigenvalue weighted by Gasteiger charge is 2.35. The Balaban J connectivity index is 0.000000206. The van der Waals surface area contributed by atoms with Crippen molar-refractivity contribution in [2.24, 2.45) is 7.05 Å². The average Bonchev–Trinajstić information content (AvgIpc) is 3.56. The number of rotatable bonds is 5. The average molecular weight is 755 g/mol. The zero-order valence-electron chi connectivity index (χ0n) is 29.2. The van der Waals surface area contributed by atoms with E-state index in [1.807, 2.05) is 37.5 Å². The summed E-state index contributed by atoms with van der Waals surface area (Å²) >= 11 is 11.9. The number of aryl methyl sites for hydroxylation is 1. The molecule has 0 unspecified atom stereocenters. The number of aromatic nitrogens is 1. The molecule has 1 aromatic heterocycles. The first-order valence-corrected chi connectivity index (χ1v) is 18.1. The van der Waals surface area contributed by atoms with E-state index in [9.17, 15) is 24.6 Å². The van der Waals surface area contributed by atoms with Crippen molar-refractivity contribution in [1.29, 1.82) is 0 Å². The Hall–Kier alpha value is -5.03. The minimum atomic E-state index is -1.17. The Morgan fingerprint density at radius 1 is 0.717 bits per heavy atom. The van der Waals surface area contributed by atoms with Gasteiger partial charge in [0.2, 0.25) is 0 Å². The number of halogens is 2. The Morgan fingerprint density at radius 2 is 1.21 bits per heavy atom. The van der Waals surface area contributed by atoms with E-state index in [0.717, 1.165) is 36.8 Å². The molecule has 4 atom stereocenters. The number of carbonyl (C=O) groups excluding carboxylic acids is 2. The zero-order chi connectivity index (χ0) is 38.0. The number of nitrogens with zero attached hydrogens (tertiary/aromatic N) is 1. The van der Waals surface area contributed by atoms with Crippen LogP contribution < -0.4 is 10.6 Å². The van der Waals surface area contributed by atoms with Gasteiger partial charge in [-0.3, -0.25) is 9.59 Å². The summed E-state index contributed by atoms with van der Waals surface area (Å²) < 4.78 is 1.78. The molecule has 9 nitrogen and oxygen atoms in total. The molecule has 6 rings (SSSR count). The molecule has 2 aliphatic rings. The van der Waals surface area contributed by atoms with Gasteiger partial charge in [-0.25, -0.2) is 4.79 Å². The minimum absolute atomic E-state index is 0.0881. The molecule has 2 saturated carbocycles. The van der Waals surface area contributed by atoms with Crippen LogP contribution in [0.5, 0.6) is 0 Å². The highest BCUT2D eigenvalue weighted by molar-refractivity contribution is 6.31. The SMILES string of the molecule is Cn1cccc1C(=O)N[C@H]1CCC[C@@](O)(C#Cc2cccc(Cl)c2)C1.O=C(O)c1ccc(C(=O)N[C@H]2CCC[C@@](O)(C#Cc3cccc(Cl)c3)C2)cc1. The molecule has 2 fully saturated rings. The van der Waals surface area contributed by atoms with Crippen molar-refractivity contribution in [2.75, 3.05) is 0 Å². The Kier molecular flexibility index (Phi) is 13.1. The summed E-state index contributed by atoms with van der Waals surface area (Å²) in [5, 5.41) is 37.7. The van der Waals surface area contributed by atoms with Gasteiger partial charge in [0.15, 0.2) is 0 Å². The van der Waals surface area contributed by atoms with Crippen LogP contribution in [0.3, 0.4) is 0 Å². The molecule has 274 valence electrons. The van der Waals surface area contributed by atoms with Crippen LogP contribution in [0.1, 0.15) is 93.7 Å². The van der Waals surface area contributed by atoms with E-state index >= 15 is 0 Å². The molecule has 0 radical (unpaired) electrons. The fraction of sp³-hybridized carbons (Fsp3) is 0.310. The van der Waals surface area contributed by atoms with E-state index in [0.29, 0.717) is 47.0 Å². The molecular formula is C42H41Cl2N3O6. The maximum atomic E-state index is 12.4. The van der Waals surface area contributed by atoms with Crippen LogP contribution in [0.25, 0.3) is 0 Å². The first kappa shape index (κ1) is 39.2. The van der Waals surface area contributed by atoms with Crippen LogP contribution in [-0.4, -0.2) is 61.0 Å². The zero-order valence-corrected chi connectivity index (χ0v) is 30.8. The van der Waals surface area contributed by atoms with E-state index in [1.165, 1.54) is 24.3 Å². The van der Waals surface area contributed by atoms with Gasteiger partial charge >= 0.3 is 5.97 Å². The Bertz CT molecular complexity index is 2080. The molecule has 5 N–H and O–H groups in total. The number of carboxylic acids is 1. The van der Waals surface area contributed by atoms with E-state index in [1.54, 1.807) is 41.0 Å². The summed E-state index contributed by atoms with van der Waals surface area (Å²) in [6.07, 6.45) is 6.90. The smallest absolute Gasteiger partial charge is 0.335 e. The number of carboxylic acid groups (broad SMARTS) is 1. The van der Waals surface area contributed by atoms with Gasteiger partial charge in [0.05, 0.1) is 5.56 Å². The number of amides is 2. The first-order chi connectivity index (χ1) is 25.3. The molecule has 1 heterocycles. The van der Waals surface area contributed by atoms with Crippen LogP contribution in [0.4, 0.5) is 0 Å². The van der Waals surface area contributed by atoms with Crippen LogP contribution in [0.15, 0.2) is 91.1 Å². The quantitative estimate of drug-likeness (QED) is 0.145. The number of hydrogen-bond donors (Lipinski definition) is 5. The third-order valence-corrected chi connectivity index (χ3v) is 9.69. The number of carbonyl (C=O) groups is 3. The molecule has 11 heteroatoms. The van der Waals surface area contributed by atoms with E-state index in [-0.39, 0.29) is 29.5 Å². The van der Waals surface area contributed by atoms with Gasteiger partial charge < -0.3 is 30.5 Å². The van der Waals surface area contributed by atoms with Gasteiger partial charge in [0.25, 0.3) is 11.8 Å². The highest BCUT2D eigenvalue weighted by Crippen LogP contribution is 2.29. The van der Waals surface area contributed by atoms with Crippen LogP contribution in [-0.2, 0) is 7.05 Å². The van der Waals surface area contributed by atoms with Crippen LogP contribution in [0.2, 0.25) is 10.0 Å². The van der Waals surface area contributed by atoms with Crippen molar-refractivity contribution in [2.45, 2.75) is 74.7 Å². The molecule has 0 aliphatic heterocycles. The summed E-state index contributed by atoms with van der Waals surface area (Å²) in [6, 6.07) is 23.4. The fourth-order valence-corrected chi connectivity index (χ4v) is 6.86. The predicted octanol–water partition coefficient (Wildman–Crippen LogP) is 6.63. The summed E-state index contributed by atoms with van der Waals surface area (Å²) in [5.74, 6) is 10.4. The maximum Gasteiger partial charge on any atom is 0.335 e. The Morgan fingerprint density at radius 3 is 1.66 bits per heavy atom. The molecule has 0 bridgehead atoms. The predicted molar refractivity (Wildman–Crippen MR) is 205 cm³/mol. The summed E-state index contributed by atoms with van der Waals surface area (Å²) in [6.45, 7) is 0. The lowest BCUT2D eigenvalue weighted by atomic mass is 9.82. The summed E-state index contributed by atoms with van der Waals surface area (Å²) in [4.78, 5) is 35.7. The van der Waals surface area contributed by atoms with Gasteiger partial charge in [-0.05, 0) is 111 Å². The molecule has 0 spiro atoms. The molecule has 4 aromatic rings. The van der Waals surface area contributed by atoms with E-state index in [2.05, 4.69) is 34.3 Å².